The minimum atomic E-state index is 0.213. The Labute approximate surface area is 125 Å². The number of nitrogen functional groups attached to an aromatic ring is 1. The van der Waals surface area contributed by atoms with Gasteiger partial charge in [-0.15, -0.1) is 0 Å². The molecule has 0 amide bonds. The van der Waals surface area contributed by atoms with Gasteiger partial charge in [0, 0.05) is 24.3 Å². The highest BCUT2D eigenvalue weighted by atomic mass is 16.6. The molecule has 0 bridgehead atoms. The number of ether oxygens (including phenoxy) is 2. The fourth-order valence-electron chi connectivity index (χ4n) is 3.15. The maximum Gasteiger partial charge on any atom is 0.163 e. The van der Waals surface area contributed by atoms with E-state index in [9.17, 15) is 5.11 Å². The minimum absolute atomic E-state index is 0.213. The molecule has 2 heterocycles. The Balaban J connectivity index is 1.79. The molecule has 0 spiro atoms. The first-order valence-corrected chi connectivity index (χ1v) is 7.81. The fraction of sp³-hybridized carbons (Fsp3) is 0.625. The third-order valence-corrected chi connectivity index (χ3v) is 4.39. The molecule has 0 saturated carbocycles. The molecule has 0 aromatic heterocycles. The summed E-state index contributed by atoms with van der Waals surface area (Å²) in [5.41, 5.74) is 7.95. The summed E-state index contributed by atoms with van der Waals surface area (Å²) in [6, 6.07) is 4.08. The minimum Gasteiger partial charge on any atom is -0.486 e. The highest BCUT2D eigenvalue weighted by Crippen LogP contribution is 2.35. The summed E-state index contributed by atoms with van der Waals surface area (Å²) in [5.74, 6) is 1.51. The summed E-state index contributed by atoms with van der Waals surface area (Å²) < 4.78 is 11.2. The lowest BCUT2D eigenvalue weighted by Gasteiger charge is -2.29. The van der Waals surface area contributed by atoms with Gasteiger partial charge in [0.2, 0.25) is 0 Å². The number of aliphatic hydroxyl groups is 1. The van der Waals surface area contributed by atoms with E-state index >= 15 is 0 Å². The first kappa shape index (κ1) is 14.5. The Kier molecular flexibility index (Phi) is 4.51. The predicted molar refractivity (Wildman–Crippen MR) is 81.6 cm³/mol. The van der Waals surface area contributed by atoms with Crippen LogP contribution in [0.1, 0.15) is 31.2 Å². The van der Waals surface area contributed by atoms with Crippen molar-refractivity contribution in [2.45, 2.75) is 38.3 Å². The summed E-state index contributed by atoms with van der Waals surface area (Å²) in [4.78, 5) is 2.34. The lowest BCUT2D eigenvalue weighted by molar-refractivity contribution is 0.118. The molecular formula is C16H24N2O3. The average Bonchev–Trinajstić information content (AvgIpc) is 2.73. The third-order valence-electron chi connectivity index (χ3n) is 4.39. The van der Waals surface area contributed by atoms with Crippen LogP contribution in [-0.2, 0) is 6.54 Å². The molecule has 1 aromatic carbocycles. The van der Waals surface area contributed by atoms with Crippen molar-refractivity contribution in [1.82, 2.24) is 4.90 Å². The molecule has 3 rings (SSSR count). The summed E-state index contributed by atoms with van der Waals surface area (Å²) in [5, 5.41) is 9.61. The number of likely N-dealkylation sites (tertiary alicyclic amines) is 1. The monoisotopic (exact) mass is 292 g/mol. The van der Waals surface area contributed by atoms with Gasteiger partial charge in [0.25, 0.3) is 0 Å². The third kappa shape index (κ3) is 3.24. The number of aliphatic hydroxyl groups excluding tert-OH is 1. The van der Waals surface area contributed by atoms with Crippen LogP contribution in [0.15, 0.2) is 12.1 Å². The second-order valence-corrected chi connectivity index (χ2v) is 5.85. The molecule has 0 aliphatic carbocycles. The van der Waals surface area contributed by atoms with E-state index in [2.05, 4.69) is 4.90 Å². The fourth-order valence-corrected chi connectivity index (χ4v) is 3.15. The number of nitrogens with zero attached hydrogens (tertiary/aromatic N) is 1. The Bertz CT molecular complexity index is 493. The number of benzene rings is 1. The van der Waals surface area contributed by atoms with Crippen molar-refractivity contribution in [3.8, 4) is 11.5 Å². The van der Waals surface area contributed by atoms with Crippen molar-refractivity contribution in [1.29, 1.82) is 0 Å². The van der Waals surface area contributed by atoms with Gasteiger partial charge in [-0.2, -0.15) is 0 Å². The Morgan fingerprint density at radius 3 is 2.67 bits per heavy atom. The number of hydrogen-bond acceptors (Lipinski definition) is 5. The highest BCUT2D eigenvalue weighted by molar-refractivity contribution is 5.58. The van der Waals surface area contributed by atoms with Gasteiger partial charge in [-0.3, -0.25) is 4.90 Å². The van der Waals surface area contributed by atoms with E-state index in [1.54, 1.807) is 0 Å². The SMILES string of the molecule is Nc1cc2c(cc1CN1CCCCCC1CO)OCCO2. The molecule has 5 nitrogen and oxygen atoms in total. The van der Waals surface area contributed by atoms with Gasteiger partial charge in [-0.05, 0) is 31.0 Å². The van der Waals surface area contributed by atoms with Crippen LogP contribution in [0.2, 0.25) is 0 Å². The molecule has 1 atom stereocenters. The van der Waals surface area contributed by atoms with Crippen LogP contribution in [0.3, 0.4) is 0 Å². The molecule has 1 fully saturated rings. The second kappa shape index (κ2) is 6.54. The summed E-state index contributed by atoms with van der Waals surface area (Å²) in [6.45, 7) is 3.14. The Morgan fingerprint density at radius 1 is 1.14 bits per heavy atom. The maximum atomic E-state index is 9.61. The van der Waals surface area contributed by atoms with E-state index in [-0.39, 0.29) is 12.6 Å². The van der Waals surface area contributed by atoms with Crippen LogP contribution >= 0.6 is 0 Å². The second-order valence-electron chi connectivity index (χ2n) is 5.85. The topological polar surface area (TPSA) is 68.0 Å². The van der Waals surface area contributed by atoms with Crippen LogP contribution in [0.4, 0.5) is 5.69 Å². The zero-order valence-corrected chi connectivity index (χ0v) is 12.4. The van der Waals surface area contributed by atoms with Gasteiger partial charge in [-0.25, -0.2) is 0 Å². The number of rotatable bonds is 3. The average molecular weight is 292 g/mol. The van der Waals surface area contributed by atoms with E-state index in [1.165, 1.54) is 19.3 Å². The van der Waals surface area contributed by atoms with Gasteiger partial charge in [0.05, 0.1) is 6.61 Å². The molecule has 5 heteroatoms. The molecule has 0 radical (unpaired) electrons. The zero-order chi connectivity index (χ0) is 14.7. The number of nitrogens with two attached hydrogens (primary N) is 1. The van der Waals surface area contributed by atoms with Crippen LogP contribution in [0.5, 0.6) is 11.5 Å². The number of hydrogen-bond donors (Lipinski definition) is 2. The normalized spacial score (nSPS) is 22.8. The quantitative estimate of drug-likeness (QED) is 0.831. The Hall–Kier alpha value is -1.46. The predicted octanol–water partition coefficient (Wildman–Crippen LogP) is 1.78. The van der Waals surface area contributed by atoms with Gasteiger partial charge < -0.3 is 20.3 Å². The molecule has 1 aromatic rings. The summed E-state index contributed by atoms with van der Waals surface area (Å²) >= 11 is 0. The lowest BCUT2D eigenvalue weighted by atomic mass is 10.1. The smallest absolute Gasteiger partial charge is 0.163 e. The molecule has 116 valence electrons. The van der Waals surface area contributed by atoms with Gasteiger partial charge in [-0.1, -0.05) is 12.8 Å². The molecule has 21 heavy (non-hydrogen) atoms. The van der Waals surface area contributed by atoms with Crippen molar-refractivity contribution in [3.63, 3.8) is 0 Å². The molecule has 2 aliphatic heterocycles. The largest absolute Gasteiger partial charge is 0.486 e. The van der Waals surface area contributed by atoms with E-state index in [1.807, 2.05) is 12.1 Å². The van der Waals surface area contributed by atoms with Crippen molar-refractivity contribution < 1.29 is 14.6 Å². The number of anilines is 1. The summed E-state index contributed by atoms with van der Waals surface area (Å²) in [6.07, 6.45) is 4.67. The van der Waals surface area contributed by atoms with Gasteiger partial charge in [0.1, 0.15) is 13.2 Å². The molecule has 3 N–H and O–H groups in total. The van der Waals surface area contributed by atoms with Gasteiger partial charge >= 0.3 is 0 Å². The van der Waals surface area contributed by atoms with Crippen molar-refractivity contribution in [3.05, 3.63) is 17.7 Å². The van der Waals surface area contributed by atoms with Crippen LogP contribution in [0.25, 0.3) is 0 Å². The van der Waals surface area contributed by atoms with Crippen molar-refractivity contribution >= 4 is 5.69 Å². The van der Waals surface area contributed by atoms with Crippen molar-refractivity contribution in [2.75, 3.05) is 32.1 Å². The first-order valence-electron chi connectivity index (χ1n) is 7.81. The van der Waals surface area contributed by atoms with Crippen LogP contribution in [0, 0.1) is 0 Å². The first-order chi connectivity index (χ1) is 10.3. The van der Waals surface area contributed by atoms with Crippen LogP contribution < -0.4 is 15.2 Å². The maximum absolute atomic E-state index is 9.61. The number of fused-ring (bicyclic) bond motifs is 1. The Morgan fingerprint density at radius 2 is 1.90 bits per heavy atom. The van der Waals surface area contributed by atoms with E-state index in [0.717, 1.165) is 42.3 Å². The molecule has 1 unspecified atom stereocenters. The van der Waals surface area contributed by atoms with E-state index in [4.69, 9.17) is 15.2 Å². The van der Waals surface area contributed by atoms with Gasteiger partial charge in [0.15, 0.2) is 11.5 Å². The molecule has 2 aliphatic rings. The lowest BCUT2D eigenvalue weighted by Crippen LogP contribution is -2.37. The molecular weight excluding hydrogens is 268 g/mol. The zero-order valence-electron chi connectivity index (χ0n) is 12.4. The standard InChI is InChI=1S/C16H24N2O3/c17-14-9-16-15(20-6-7-21-16)8-12(14)10-18-5-3-1-2-4-13(18)11-19/h8-9,13,19H,1-7,10-11,17H2. The van der Waals surface area contributed by atoms with Crippen LogP contribution in [-0.4, -0.2) is 42.4 Å². The molecule has 1 saturated heterocycles. The highest BCUT2D eigenvalue weighted by Gasteiger charge is 2.22. The van der Waals surface area contributed by atoms with E-state index in [0.29, 0.717) is 13.2 Å². The summed E-state index contributed by atoms with van der Waals surface area (Å²) in [7, 11) is 0. The van der Waals surface area contributed by atoms with E-state index < -0.39 is 0 Å². The van der Waals surface area contributed by atoms with Crippen molar-refractivity contribution in [2.24, 2.45) is 0 Å².